The fourth-order valence-corrected chi connectivity index (χ4v) is 3.89. The predicted molar refractivity (Wildman–Crippen MR) is 127 cm³/mol. The van der Waals surface area contributed by atoms with E-state index in [-0.39, 0.29) is 12.3 Å². The molecule has 158 valence electrons. The second-order valence-electron chi connectivity index (χ2n) is 8.18. The zero-order chi connectivity index (χ0) is 22.1. The number of aromatic nitrogens is 3. The lowest BCUT2D eigenvalue weighted by Crippen LogP contribution is -2.27. The maximum atomic E-state index is 12.5. The minimum absolute atomic E-state index is 0.000343. The Bertz CT molecular complexity index is 1300. The number of fused-ring (bicyclic) bond motifs is 1. The van der Waals surface area contributed by atoms with Crippen LogP contribution in [0.5, 0.6) is 0 Å². The number of hydrogen-bond acceptors (Lipinski definition) is 4. The van der Waals surface area contributed by atoms with E-state index in [4.69, 9.17) is 4.98 Å². The van der Waals surface area contributed by atoms with E-state index in [0.29, 0.717) is 12.2 Å². The lowest BCUT2D eigenvalue weighted by atomic mass is 9.99. The number of carbonyl (C=O) groups excluding carboxylic acids is 1. The summed E-state index contributed by atoms with van der Waals surface area (Å²) >= 11 is 0. The minimum atomic E-state index is 0.000343. The lowest BCUT2D eigenvalue weighted by molar-refractivity contribution is 0.0947. The maximum Gasteiger partial charge on any atom is 0.200 e. The number of rotatable bonds is 5. The van der Waals surface area contributed by atoms with Crippen molar-refractivity contribution < 1.29 is 4.79 Å². The molecule has 0 saturated carbocycles. The summed E-state index contributed by atoms with van der Waals surface area (Å²) in [6.45, 7) is 5.16. The average Bonchev–Trinajstić information content (AvgIpc) is 3.25. The number of pyridine rings is 1. The van der Waals surface area contributed by atoms with Gasteiger partial charge >= 0.3 is 0 Å². The molecule has 0 saturated heterocycles. The smallest absolute Gasteiger partial charge is 0.200 e. The number of nitrogens with one attached hydrogen (secondary N) is 1. The summed E-state index contributed by atoms with van der Waals surface area (Å²) in [5, 5.41) is 0. The number of nitrogens with zero attached hydrogens (tertiary/aromatic N) is 3. The van der Waals surface area contributed by atoms with Gasteiger partial charge in [0.1, 0.15) is 11.5 Å². The molecule has 0 spiro atoms. The van der Waals surface area contributed by atoms with Crippen molar-refractivity contribution in [2.75, 3.05) is 6.54 Å². The zero-order valence-electron chi connectivity index (χ0n) is 18.2. The van der Waals surface area contributed by atoms with E-state index < -0.39 is 0 Å². The summed E-state index contributed by atoms with van der Waals surface area (Å²) in [5.41, 5.74) is 8.45. The van der Waals surface area contributed by atoms with Crippen molar-refractivity contribution in [2.24, 2.45) is 0 Å². The average molecular weight is 421 g/mol. The summed E-state index contributed by atoms with van der Waals surface area (Å²) in [5.74, 6) is 0.838. The number of carbonyl (C=O) groups is 1. The lowest BCUT2D eigenvalue weighted by Gasteiger charge is -2.21. The van der Waals surface area contributed by atoms with Gasteiger partial charge in [0, 0.05) is 18.0 Å². The van der Waals surface area contributed by atoms with E-state index in [2.05, 4.69) is 66.3 Å². The Morgan fingerprint density at radius 1 is 0.969 bits per heavy atom. The van der Waals surface area contributed by atoms with Crippen molar-refractivity contribution in [3.63, 3.8) is 0 Å². The zero-order valence-corrected chi connectivity index (χ0v) is 18.2. The standard InChI is InChI=1S/C27H24N4O/c1-18-6-7-22(15-19(18)2)20-8-10-21(11-9-20)27-29-23-12-14-31(16-25(23)30-27)17-26(32)24-5-3-4-13-28-24/h3-15H,16-17H2,1-2H3,(H,29,30). The number of aryl methyl sites for hydroxylation is 2. The third kappa shape index (κ3) is 3.97. The van der Waals surface area contributed by atoms with E-state index >= 15 is 0 Å². The van der Waals surface area contributed by atoms with E-state index in [1.165, 1.54) is 22.3 Å². The molecule has 5 heteroatoms. The Kier molecular flexibility index (Phi) is 5.15. The summed E-state index contributed by atoms with van der Waals surface area (Å²) in [6, 6.07) is 20.4. The van der Waals surface area contributed by atoms with Crippen LogP contribution < -0.4 is 0 Å². The molecule has 1 aliphatic heterocycles. The monoisotopic (exact) mass is 420 g/mol. The molecule has 4 aromatic rings. The van der Waals surface area contributed by atoms with Crippen molar-refractivity contribution >= 4 is 11.9 Å². The largest absolute Gasteiger partial charge is 0.364 e. The Labute approximate surface area is 187 Å². The Hall–Kier alpha value is -3.99. The van der Waals surface area contributed by atoms with Crippen molar-refractivity contribution in [1.82, 2.24) is 19.9 Å². The van der Waals surface area contributed by atoms with Gasteiger partial charge in [-0.3, -0.25) is 9.78 Å². The van der Waals surface area contributed by atoms with Gasteiger partial charge in [-0.2, -0.15) is 0 Å². The number of ketones is 1. The van der Waals surface area contributed by atoms with Gasteiger partial charge in [0.15, 0.2) is 5.78 Å². The molecule has 1 aliphatic rings. The second-order valence-corrected chi connectivity index (χ2v) is 8.18. The van der Waals surface area contributed by atoms with Crippen LogP contribution in [0.25, 0.3) is 28.6 Å². The van der Waals surface area contributed by atoms with Crippen LogP contribution in [0, 0.1) is 13.8 Å². The number of Topliss-reactive ketones (excluding diaryl/α,β-unsaturated/α-hetero) is 1. The number of aromatic amines is 1. The Morgan fingerprint density at radius 2 is 1.75 bits per heavy atom. The highest BCUT2D eigenvalue weighted by Gasteiger charge is 2.19. The van der Waals surface area contributed by atoms with Crippen LogP contribution in [0.4, 0.5) is 0 Å². The minimum Gasteiger partial charge on any atom is -0.364 e. The molecule has 0 amide bonds. The molecule has 0 fully saturated rings. The quantitative estimate of drug-likeness (QED) is 0.438. The van der Waals surface area contributed by atoms with Crippen LogP contribution in [0.2, 0.25) is 0 Å². The van der Waals surface area contributed by atoms with Gasteiger partial charge in [0.05, 0.1) is 24.5 Å². The molecule has 0 unspecified atom stereocenters. The van der Waals surface area contributed by atoms with Crippen LogP contribution in [-0.2, 0) is 6.54 Å². The molecule has 2 aromatic heterocycles. The van der Waals surface area contributed by atoms with Crippen LogP contribution >= 0.6 is 0 Å². The molecule has 5 nitrogen and oxygen atoms in total. The van der Waals surface area contributed by atoms with Crippen molar-refractivity contribution in [2.45, 2.75) is 20.4 Å². The first-order valence-electron chi connectivity index (χ1n) is 10.7. The van der Waals surface area contributed by atoms with Gasteiger partial charge in [-0.05, 0) is 54.3 Å². The first kappa shape index (κ1) is 19.9. The highest BCUT2D eigenvalue weighted by Crippen LogP contribution is 2.27. The molecule has 3 heterocycles. The van der Waals surface area contributed by atoms with Crippen LogP contribution in [0.15, 0.2) is 73.1 Å². The SMILES string of the molecule is Cc1ccc(-c2ccc(-c3nc4c([nH]3)CN(CC(=O)c3ccccn3)C=C4)cc2)cc1C. The molecule has 2 aromatic carbocycles. The van der Waals surface area contributed by atoms with E-state index in [0.717, 1.165) is 22.8 Å². The van der Waals surface area contributed by atoms with Crippen LogP contribution in [-0.4, -0.2) is 32.2 Å². The van der Waals surface area contributed by atoms with Crippen molar-refractivity contribution in [3.05, 3.63) is 101 Å². The Morgan fingerprint density at radius 3 is 2.50 bits per heavy atom. The second kappa shape index (κ2) is 8.27. The van der Waals surface area contributed by atoms with Gasteiger partial charge in [-0.15, -0.1) is 0 Å². The van der Waals surface area contributed by atoms with Gasteiger partial charge in [-0.25, -0.2) is 4.98 Å². The highest BCUT2D eigenvalue weighted by atomic mass is 16.1. The first-order valence-corrected chi connectivity index (χ1v) is 10.7. The first-order chi connectivity index (χ1) is 15.6. The molecular weight excluding hydrogens is 396 g/mol. The number of hydrogen-bond donors (Lipinski definition) is 1. The van der Waals surface area contributed by atoms with Gasteiger partial charge < -0.3 is 9.88 Å². The van der Waals surface area contributed by atoms with Crippen molar-refractivity contribution in [1.29, 1.82) is 0 Å². The molecule has 0 atom stereocenters. The molecule has 0 bridgehead atoms. The molecule has 1 N–H and O–H groups in total. The molecule has 5 rings (SSSR count). The summed E-state index contributed by atoms with van der Waals surface area (Å²) in [7, 11) is 0. The summed E-state index contributed by atoms with van der Waals surface area (Å²) < 4.78 is 0. The van der Waals surface area contributed by atoms with Crippen LogP contribution in [0.3, 0.4) is 0 Å². The van der Waals surface area contributed by atoms with Gasteiger partial charge in [0.2, 0.25) is 0 Å². The van der Waals surface area contributed by atoms with E-state index in [9.17, 15) is 4.79 Å². The number of H-pyrrole nitrogens is 1. The maximum absolute atomic E-state index is 12.5. The van der Waals surface area contributed by atoms with Gasteiger partial charge in [-0.1, -0.05) is 48.5 Å². The fourth-order valence-electron chi connectivity index (χ4n) is 3.89. The fraction of sp³-hybridized carbons (Fsp3) is 0.148. The van der Waals surface area contributed by atoms with Crippen molar-refractivity contribution in [3.8, 4) is 22.5 Å². The highest BCUT2D eigenvalue weighted by molar-refractivity contribution is 5.95. The molecule has 0 radical (unpaired) electrons. The summed E-state index contributed by atoms with van der Waals surface area (Å²) in [6.07, 6.45) is 5.52. The predicted octanol–water partition coefficient (Wildman–Crippen LogP) is 5.42. The van der Waals surface area contributed by atoms with E-state index in [1.54, 1.807) is 12.3 Å². The Balaban J connectivity index is 1.31. The molecule has 0 aliphatic carbocycles. The normalized spacial score (nSPS) is 12.6. The molecule has 32 heavy (non-hydrogen) atoms. The van der Waals surface area contributed by atoms with Gasteiger partial charge in [0.25, 0.3) is 0 Å². The molecular formula is C27H24N4O. The topological polar surface area (TPSA) is 61.9 Å². The number of imidazole rings is 1. The third-order valence-corrected chi connectivity index (χ3v) is 5.91. The van der Waals surface area contributed by atoms with E-state index in [1.807, 2.05) is 29.3 Å². The number of benzene rings is 2. The van der Waals surface area contributed by atoms with Crippen LogP contribution in [0.1, 0.15) is 33.0 Å². The summed E-state index contributed by atoms with van der Waals surface area (Å²) in [4.78, 5) is 26.8. The third-order valence-electron chi connectivity index (χ3n) is 5.91.